The summed E-state index contributed by atoms with van der Waals surface area (Å²) in [6.07, 6.45) is 5.02. The van der Waals surface area contributed by atoms with Crippen LogP contribution in [0.3, 0.4) is 0 Å². The van der Waals surface area contributed by atoms with Gasteiger partial charge in [0.05, 0.1) is 17.1 Å². The summed E-state index contributed by atoms with van der Waals surface area (Å²) in [6.45, 7) is 3.63. The quantitative estimate of drug-likeness (QED) is 0.832. The third-order valence-corrected chi connectivity index (χ3v) is 5.73. The van der Waals surface area contributed by atoms with Crippen molar-refractivity contribution in [3.63, 3.8) is 0 Å². The molecule has 0 spiro atoms. The van der Waals surface area contributed by atoms with Crippen LogP contribution in [0, 0.1) is 19.8 Å². The first-order chi connectivity index (χ1) is 13.4. The SMILES string of the molecule is CNC(=O)CC1CCC(c2ccc(-c3nc(C(N)=O)c(C)nc3C)cc2)CC1. The minimum Gasteiger partial charge on any atom is -0.364 e. The Morgan fingerprint density at radius 3 is 2.25 bits per heavy atom. The molecular weight excluding hydrogens is 352 g/mol. The van der Waals surface area contributed by atoms with E-state index in [0.717, 1.165) is 36.9 Å². The zero-order valence-electron chi connectivity index (χ0n) is 16.8. The van der Waals surface area contributed by atoms with E-state index in [2.05, 4.69) is 27.4 Å². The van der Waals surface area contributed by atoms with Crippen LogP contribution in [0.1, 0.15) is 65.5 Å². The van der Waals surface area contributed by atoms with Crippen LogP contribution in [0.4, 0.5) is 0 Å². The monoisotopic (exact) mass is 380 g/mol. The van der Waals surface area contributed by atoms with Crippen LogP contribution in [0.2, 0.25) is 0 Å². The Labute approximate surface area is 166 Å². The highest BCUT2D eigenvalue weighted by Crippen LogP contribution is 2.37. The van der Waals surface area contributed by atoms with Crippen molar-refractivity contribution in [3.05, 3.63) is 46.9 Å². The van der Waals surface area contributed by atoms with Gasteiger partial charge < -0.3 is 11.1 Å². The lowest BCUT2D eigenvalue weighted by atomic mass is 9.77. The van der Waals surface area contributed by atoms with Gasteiger partial charge in [-0.3, -0.25) is 14.6 Å². The third-order valence-electron chi connectivity index (χ3n) is 5.73. The van der Waals surface area contributed by atoms with Gasteiger partial charge in [0.25, 0.3) is 5.91 Å². The van der Waals surface area contributed by atoms with Gasteiger partial charge in [-0.05, 0) is 56.9 Å². The second-order valence-corrected chi connectivity index (χ2v) is 7.67. The first-order valence-electron chi connectivity index (χ1n) is 9.85. The highest BCUT2D eigenvalue weighted by Gasteiger charge is 2.24. The van der Waals surface area contributed by atoms with Gasteiger partial charge in [-0.2, -0.15) is 0 Å². The molecule has 1 aliphatic carbocycles. The van der Waals surface area contributed by atoms with Gasteiger partial charge in [-0.25, -0.2) is 4.98 Å². The van der Waals surface area contributed by atoms with Crippen molar-refractivity contribution in [2.45, 2.75) is 51.9 Å². The number of nitrogens with two attached hydrogens (primary N) is 1. The van der Waals surface area contributed by atoms with Crippen LogP contribution < -0.4 is 11.1 Å². The molecule has 6 nitrogen and oxygen atoms in total. The van der Waals surface area contributed by atoms with Gasteiger partial charge in [0.1, 0.15) is 5.69 Å². The standard InChI is InChI=1S/C22H28N4O2/c1-13-20(26-21(22(23)28)14(2)25-13)18-10-8-17(9-11-18)16-6-4-15(5-7-16)12-19(27)24-3/h8-11,15-16H,4-7,12H2,1-3H3,(H2,23,28)(H,24,27). The van der Waals surface area contributed by atoms with Crippen LogP contribution in [0.15, 0.2) is 24.3 Å². The number of aromatic nitrogens is 2. The number of hydrogen-bond donors (Lipinski definition) is 2. The lowest BCUT2D eigenvalue weighted by molar-refractivity contribution is -0.121. The molecule has 1 heterocycles. The third kappa shape index (κ3) is 4.38. The van der Waals surface area contributed by atoms with Gasteiger partial charge in [0.15, 0.2) is 0 Å². The van der Waals surface area contributed by atoms with Crippen molar-refractivity contribution in [2.75, 3.05) is 7.05 Å². The molecule has 0 aliphatic heterocycles. The minimum atomic E-state index is -0.559. The van der Waals surface area contributed by atoms with Crippen LogP contribution in [0.5, 0.6) is 0 Å². The topological polar surface area (TPSA) is 98.0 Å². The van der Waals surface area contributed by atoms with E-state index in [-0.39, 0.29) is 11.6 Å². The van der Waals surface area contributed by atoms with Crippen molar-refractivity contribution in [1.82, 2.24) is 15.3 Å². The number of amides is 2. The molecule has 3 rings (SSSR count). The van der Waals surface area contributed by atoms with Gasteiger partial charge in [-0.1, -0.05) is 24.3 Å². The molecule has 1 saturated carbocycles. The molecule has 1 fully saturated rings. The predicted molar refractivity (Wildman–Crippen MR) is 109 cm³/mol. The first-order valence-corrected chi connectivity index (χ1v) is 9.85. The molecule has 2 aromatic rings. The molecule has 0 bridgehead atoms. The van der Waals surface area contributed by atoms with E-state index in [0.29, 0.717) is 29.6 Å². The number of aryl methyl sites for hydroxylation is 2. The Morgan fingerprint density at radius 2 is 1.68 bits per heavy atom. The molecule has 2 amide bonds. The summed E-state index contributed by atoms with van der Waals surface area (Å²) < 4.78 is 0. The van der Waals surface area contributed by atoms with Crippen LogP contribution >= 0.6 is 0 Å². The summed E-state index contributed by atoms with van der Waals surface area (Å²) in [6, 6.07) is 8.38. The minimum absolute atomic E-state index is 0.137. The fourth-order valence-corrected chi connectivity index (χ4v) is 4.12. The van der Waals surface area contributed by atoms with E-state index in [9.17, 15) is 9.59 Å². The number of carbonyl (C=O) groups excluding carboxylic acids is 2. The maximum atomic E-state index is 11.6. The highest BCUT2D eigenvalue weighted by atomic mass is 16.1. The Kier molecular flexibility index (Phi) is 6.07. The molecule has 0 atom stereocenters. The molecule has 0 saturated heterocycles. The largest absolute Gasteiger partial charge is 0.364 e. The maximum Gasteiger partial charge on any atom is 0.269 e. The Bertz CT molecular complexity index is 869. The van der Waals surface area contributed by atoms with Gasteiger partial charge in [0.2, 0.25) is 5.91 Å². The normalized spacial score (nSPS) is 19.2. The Morgan fingerprint density at radius 1 is 1.04 bits per heavy atom. The van der Waals surface area contributed by atoms with Gasteiger partial charge in [0, 0.05) is 19.0 Å². The number of carbonyl (C=O) groups is 2. The number of nitrogens with zero attached hydrogens (tertiary/aromatic N) is 2. The van der Waals surface area contributed by atoms with Gasteiger partial charge in [-0.15, -0.1) is 0 Å². The number of hydrogen-bond acceptors (Lipinski definition) is 4. The van der Waals surface area contributed by atoms with Crippen molar-refractivity contribution in [1.29, 1.82) is 0 Å². The first kappa shape index (κ1) is 20.0. The summed E-state index contributed by atoms with van der Waals surface area (Å²) in [5.41, 5.74) is 9.92. The molecule has 0 radical (unpaired) electrons. The number of rotatable bonds is 5. The highest BCUT2D eigenvalue weighted by molar-refractivity contribution is 5.92. The fraction of sp³-hybridized carbons (Fsp3) is 0.455. The van der Waals surface area contributed by atoms with E-state index in [1.165, 1.54) is 5.56 Å². The molecule has 6 heteroatoms. The van der Waals surface area contributed by atoms with E-state index < -0.39 is 5.91 Å². The summed E-state index contributed by atoms with van der Waals surface area (Å²) in [4.78, 5) is 32.0. The lowest BCUT2D eigenvalue weighted by Gasteiger charge is -2.28. The smallest absolute Gasteiger partial charge is 0.269 e. The molecular formula is C22H28N4O2. The molecule has 0 unspecified atom stereocenters. The fourth-order valence-electron chi connectivity index (χ4n) is 4.12. The zero-order valence-corrected chi connectivity index (χ0v) is 16.8. The maximum absolute atomic E-state index is 11.6. The Hall–Kier alpha value is -2.76. The van der Waals surface area contributed by atoms with Crippen molar-refractivity contribution in [3.8, 4) is 11.3 Å². The average Bonchev–Trinajstić information content (AvgIpc) is 2.68. The number of nitrogens with one attached hydrogen (secondary N) is 1. The van der Waals surface area contributed by atoms with E-state index >= 15 is 0 Å². The lowest BCUT2D eigenvalue weighted by Crippen LogP contribution is -2.23. The van der Waals surface area contributed by atoms with Gasteiger partial charge >= 0.3 is 0 Å². The summed E-state index contributed by atoms with van der Waals surface area (Å²) in [7, 11) is 1.70. The second kappa shape index (κ2) is 8.50. The van der Waals surface area contributed by atoms with Crippen molar-refractivity contribution < 1.29 is 9.59 Å². The van der Waals surface area contributed by atoms with Crippen LogP contribution in [0.25, 0.3) is 11.3 Å². The summed E-state index contributed by atoms with van der Waals surface area (Å²) >= 11 is 0. The molecule has 1 aromatic heterocycles. The molecule has 1 aliphatic rings. The number of benzene rings is 1. The number of primary amides is 1. The van der Waals surface area contributed by atoms with Crippen molar-refractivity contribution >= 4 is 11.8 Å². The molecule has 28 heavy (non-hydrogen) atoms. The molecule has 1 aromatic carbocycles. The zero-order chi connectivity index (χ0) is 20.3. The molecule has 148 valence electrons. The van der Waals surface area contributed by atoms with E-state index in [1.54, 1.807) is 14.0 Å². The van der Waals surface area contributed by atoms with Crippen LogP contribution in [-0.2, 0) is 4.79 Å². The molecule has 3 N–H and O–H groups in total. The van der Waals surface area contributed by atoms with Crippen LogP contribution in [-0.4, -0.2) is 28.8 Å². The van der Waals surface area contributed by atoms with E-state index in [4.69, 9.17) is 5.73 Å². The van der Waals surface area contributed by atoms with E-state index in [1.807, 2.05) is 19.1 Å². The summed E-state index contributed by atoms with van der Waals surface area (Å²) in [5.74, 6) is 0.601. The van der Waals surface area contributed by atoms with Crippen molar-refractivity contribution in [2.24, 2.45) is 11.7 Å². The summed E-state index contributed by atoms with van der Waals surface area (Å²) in [5, 5.41) is 2.72. The predicted octanol–water partition coefficient (Wildman–Crippen LogP) is 3.27. The second-order valence-electron chi connectivity index (χ2n) is 7.67. The Balaban J connectivity index is 1.72. The average molecular weight is 380 g/mol.